The Labute approximate surface area is 125 Å². The molecule has 0 radical (unpaired) electrons. The maximum Gasteiger partial charge on any atom is 0.203 e. The number of nitrogens with zero attached hydrogens (tertiary/aromatic N) is 2. The van der Waals surface area contributed by atoms with Crippen molar-refractivity contribution in [2.75, 3.05) is 11.9 Å². The van der Waals surface area contributed by atoms with Crippen LogP contribution in [-0.2, 0) is 6.54 Å². The summed E-state index contributed by atoms with van der Waals surface area (Å²) in [5.41, 5.74) is 2.37. The molecule has 3 heteroatoms. The van der Waals surface area contributed by atoms with E-state index in [4.69, 9.17) is 0 Å². The van der Waals surface area contributed by atoms with E-state index >= 15 is 0 Å². The van der Waals surface area contributed by atoms with E-state index in [1.54, 1.807) is 0 Å². The van der Waals surface area contributed by atoms with Crippen LogP contribution < -0.4 is 5.32 Å². The molecular weight excluding hydrogens is 258 g/mol. The Balaban J connectivity index is 1.95. The van der Waals surface area contributed by atoms with Gasteiger partial charge in [-0.2, -0.15) is 0 Å². The van der Waals surface area contributed by atoms with E-state index in [9.17, 15) is 0 Å². The first-order valence-corrected chi connectivity index (χ1v) is 7.52. The van der Waals surface area contributed by atoms with Crippen LogP contribution in [0.2, 0.25) is 0 Å². The number of benzene rings is 2. The van der Waals surface area contributed by atoms with Crippen LogP contribution >= 0.6 is 0 Å². The molecule has 0 saturated carbocycles. The lowest BCUT2D eigenvalue weighted by Crippen LogP contribution is -2.08. The van der Waals surface area contributed by atoms with Gasteiger partial charge in [0, 0.05) is 12.7 Å². The predicted octanol–water partition coefficient (Wildman–Crippen LogP) is 4.21. The van der Waals surface area contributed by atoms with Gasteiger partial charge in [0.25, 0.3) is 0 Å². The highest BCUT2D eigenvalue weighted by molar-refractivity contribution is 5.85. The Kier molecular flexibility index (Phi) is 3.91. The SMILES string of the molecule is CCCNc1nc(C)cn1Cc1cccc2ccccc12. The molecule has 0 aliphatic heterocycles. The number of imidazole rings is 1. The number of hydrogen-bond donors (Lipinski definition) is 1. The standard InChI is InChI=1S/C18H21N3/c1-3-11-19-18-20-14(2)12-21(18)13-16-9-6-8-15-7-4-5-10-17(15)16/h4-10,12H,3,11,13H2,1-2H3,(H,19,20). The maximum atomic E-state index is 4.58. The Hall–Kier alpha value is -2.29. The molecule has 0 spiro atoms. The van der Waals surface area contributed by atoms with Crippen molar-refractivity contribution in [3.63, 3.8) is 0 Å². The van der Waals surface area contributed by atoms with Gasteiger partial charge < -0.3 is 9.88 Å². The number of aromatic nitrogens is 2. The Morgan fingerprint density at radius 1 is 1.10 bits per heavy atom. The number of nitrogens with one attached hydrogen (secondary N) is 1. The van der Waals surface area contributed by atoms with Gasteiger partial charge >= 0.3 is 0 Å². The largest absolute Gasteiger partial charge is 0.356 e. The van der Waals surface area contributed by atoms with E-state index in [2.05, 4.69) is 70.5 Å². The average Bonchev–Trinajstić information content (AvgIpc) is 2.85. The van der Waals surface area contributed by atoms with Crippen LogP contribution in [0.3, 0.4) is 0 Å². The fraction of sp³-hybridized carbons (Fsp3) is 0.278. The lowest BCUT2D eigenvalue weighted by Gasteiger charge is -2.11. The number of fused-ring (bicyclic) bond motifs is 1. The first-order chi connectivity index (χ1) is 10.3. The van der Waals surface area contributed by atoms with E-state index in [0.29, 0.717) is 0 Å². The summed E-state index contributed by atoms with van der Waals surface area (Å²) in [5.74, 6) is 0.960. The van der Waals surface area contributed by atoms with E-state index in [1.807, 2.05) is 6.92 Å². The summed E-state index contributed by atoms with van der Waals surface area (Å²) in [4.78, 5) is 4.58. The van der Waals surface area contributed by atoms with Crippen LogP contribution in [0.15, 0.2) is 48.7 Å². The number of anilines is 1. The molecule has 1 N–H and O–H groups in total. The molecule has 0 saturated heterocycles. The topological polar surface area (TPSA) is 29.9 Å². The minimum Gasteiger partial charge on any atom is -0.356 e. The molecule has 0 fully saturated rings. The summed E-state index contributed by atoms with van der Waals surface area (Å²) in [6.45, 7) is 5.99. The highest BCUT2D eigenvalue weighted by Crippen LogP contribution is 2.21. The molecule has 3 aromatic rings. The molecular formula is C18H21N3. The fourth-order valence-electron chi connectivity index (χ4n) is 2.66. The quantitative estimate of drug-likeness (QED) is 0.758. The van der Waals surface area contributed by atoms with E-state index in [1.165, 1.54) is 16.3 Å². The number of hydrogen-bond acceptors (Lipinski definition) is 2. The van der Waals surface area contributed by atoms with Crippen LogP contribution in [-0.4, -0.2) is 16.1 Å². The molecule has 21 heavy (non-hydrogen) atoms. The molecule has 3 rings (SSSR count). The molecule has 0 bridgehead atoms. The van der Waals surface area contributed by atoms with E-state index < -0.39 is 0 Å². The lowest BCUT2D eigenvalue weighted by molar-refractivity contribution is 0.797. The van der Waals surface area contributed by atoms with Gasteiger partial charge in [0.1, 0.15) is 0 Å². The zero-order valence-corrected chi connectivity index (χ0v) is 12.6. The third-order valence-corrected chi connectivity index (χ3v) is 3.65. The molecule has 3 nitrogen and oxygen atoms in total. The second-order valence-electron chi connectivity index (χ2n) is 5.40. The normalized spacial score (nSPS) is 11.0. The lowest BCUT2D eigenvalue weighted by atomic mass is 10.0. The molecule has 0 unspecified atom stereocenters. The van der Waals surface area contributed by atoms with Crippen LogP contribution in [0.5, 0.6) is 0 Å². The molecule has 0 amide bonds. The first kappa shape index (κ1) is 13.7. The van der Waals surface area contributed by atoms with Crippen molar-refractivity contribution in [1.29, 1.82) is 0 Å². The van der Waals surface area contributed by atoms with Crippen molar-refractivity contribution in [3.05, 3.63) is 59.9 Å². The van der Waals surface area contributed by atoms with Gasteiger partial charge in [0.2, 0.25) is 5.95 Å². The Morgan fingerprint density at radius 2 is 1.90 bits per heavy atom. The predicted molar refractivity (Wildman–Crippen MR) is 88.8 cm³/mol. The third kappa shape index (κ3) is 2.92. The van der Waals surface area contributed by atoms with Crippen LogP contribution in [0.4, 0.5) is 5.95 Å². The van der Waals surface area contributed by atoms with Crippen LogP contribution in [0.25, 0.3) is 10.8 Å². The smallest absolute Gasteiger partial charge is 0.203 e. The van der Waals surface area contributed by atoms with Crippen LogP contribution in [0, 0.1) is 6.92 Å². The second kappa shape index (κ2) is 6.00. The molecule has 1 aromatic heterocycles. The summed E-state index contributed by atoms with van der Waals surface area (Å²) in [5, 5.41) is 6.00. The Bertz CT molecular complexity index is 738. The second-order valence-corrected chi connectivity index (χ2v) is 5.40. The summed E-state index contributed by atoms with van der Waals surface area (Å²) in [7, 11) is 0. The molecule has 1 heterocycles. The van der Waals surface area contributed by atoms with Crippen molar-refractivity contribution >= 4 is 16.7 Å². The minimum atomic E-state index is 0.842. The van der Waals surface area contributed by atoms with Gasteiger partial charge in [-0.1, -0.05) is 49.4 Å². The molecule has 0 aliphatic carbocycles. The summed E-state index contributed by atoms with van der Waals surface area (Å²) in [6, 6.07) is 15.0. The monoisotopic (exact) mass is 279 g/mol. The third-order valence-electron chi connectivity index (χ3n) is 3.65. The number of rotatable bonds is 5. The zero-order chi connectivity index (χ0) is 14.7. The molecule has 108 valence electrons. The molecule has 2 aromatic carbocycles. The minimum absolute atomic E-state index is 0.842. The average molecular weight is 279 g/mol. The van der Waals surface area contributed by atoms with Gasteiger partial charge in [-0.15, -0.1) is 0 Å². The van der Waals surface area contributed by atoms with Gasteiger partial charge in [-0.25, -0.2) is 4.98 Å². The highest BCUT2D eigenvalue weighted by atomic mass is 15.2. The fourth-order valence-corrected chi connectivity index (χ4v) is 2.66. The highest BCUT2D eigenvalue weighted by Gasteiger charge is 2.07. The first-order valence-electron chi connectivity index (χ1n) is 7.52. The van der Waals surface area contributed by atoms with Crippen molar-refractivity contribution in [2.45, 2.75) is 26.8 Å². The van der Waals surface area contributed by atoms with Crippen LogP contribution in [0.1, 0.15) is 24.6 Å². The summed E-state index contributed by atoms with van der Waals surface area (Å²) in [6.07, 6.45) is 3.21. The van der Waals surface area contributed by atoms with E-state index in [-0.39, 0.29) is 0 Å². The van der Waals surface area contributed by atoms with Crippen molar-refractivity contribution in [2.24, 2.45) is 0 Å². The Morgan fingerprint density at radius 3 is 2.76 bits per heavy atom. The van der Waals surface area contributed by atoms with Gasteiger partial charge in [0.05, 0.1) is 12.2 Å². The maximum absolute atomic E-state index is 4.58. The van der Waals surface area contributed by atoms with E-state index in [0.717, 1.165) is 31.2 Å². The van der Waals surface area contributed by atoms with Gasteiger partial charge in [0.15, 0.2) is 0 Å². The zero-order valence-electron chi connectivity index (χ0n) is 12.6. The number of aryl methyl sites for hydroxylation is 1. The summed E-state index contributed by atoms with van der Waals surface area (Å²) >= 11 is 0. The van der Waals surface area contributed by atoms with Gasteiger partial charge in [-0.05, 0) is 29.7 Å². The van der Waals surface area contributed by atoms with Crippen molar-refractivity contribution in [3.8, 4) is 0 Å². The van der Waals surface area contributed by atoms with Gasteiger partial charge in [-0.3, -0.25) is 0 Å². The molecule has 0 atom stereocenters. The summed E-state index contributed by atoms with van der Waals surface area (Å²) < 4.78 is 2.20. The molecule has 0 aliphatic rings. The van der Waals surface area contributed by atoms with Crippen molar-refractivity contribution < 1.29 is 0 Å². The van der Waals surface area contributed by atoms with Crippen molar-refractivity contribution in [1.82, 2.24) is 9.55 Å².